The lowest BCUT2D eigenvalue weighted by atomic mass is 9.67. The molecule has 146 valence electrons. The Morgan fingerprint density at radius 1 is 1.30 bits per heavy atom. The van der Waals surface area contributed by atoms with Gasteiger partial charge < -0.3 is 9.47 Å². The minimum atomic E-state index is -4.64. The molecule has 0 amide bonds. The lowest BCUT2D eigenvalue weighted by Gasteiger charge is -2.34. The van der Waals surface area contributed by atoms with E-state index in [-0.39, 0.29) is 37.0 Å². The van der Waals surface area contributed by atoms with Crippen LogP contribution in [0.2, 0.25) is 0 Å². The third-order valence-corrected chi connectivity index (χ3v) is 5.12. The number of hydrogen-bond donors (Lipinski definition) is 0. The molecule has 0 bridgehead atoms. The largest absolute Gasteiger partial charge is 0.481 e. The number of ketones is 2. The smallest absolute Gasteiger partial charge is 0.422 e. The molecule has 1 spiro atoms. The highest BCUT2D eigenvalue weighted by Gasteiger charge is 2.52. The van der Waals surface area contributed by atoms with Gasteiger partial charge in [-0.25, -0.2) is 4.39 Å². The summed E-state index contributed by atoms with van der Waals surface area (Å²) >= 11 is 0. The number of methoxy groups -OCH3 is 1. The van der Waals surface area contributed by atoms with Crippen LogP contribution in [0.5, 0.6) is 5.75 Å². The van der Waals surface area contributed by atoms with Crippen molar-refractivity contribution in [1.29, 1.82) is 0 Å². The quantitative estimate of drug-likeness (QED) is 0.452. The maximum absolute atomic E-state index is 14.1. The van der Waals surface area contributed by atoms with Gasteiger partial charge in [-0.2, -0.15) is 13.2 Å². The number of esters is 1. The number of hydrogen-bond acceptors (Lipinski definition) is 5. The van der Waals surface area contributed by atoms with E-state index in [9.17, 15) is 31.9 Å². The van der Waals surface area contributed by atoms with Crippen LogP contribution in [0.4, 0.5) is 17.6 Å². The number of halogens is 4. The zero-order chi connectivity index (χ0) is 20.0. The molecule has 0 heterocycles. The van der Waals surface area contributed by atoms with Gasteiger partial charge in [-0.05, 0) is 37.0 Å². The predicted molar refractivity (Wildman–Crippen MR) is 82.8 cm³/mol. The Morgan fingerprint density at radius 3 is 2.63 bits per heavy atom. The fourth-order valence-corrected chi connectivity index (χ4v) is 3.82. The van der Waals surface area contributed by atoms with Crippen LogP contribution in [0.3, 0.4) is 0 Å². The molecule has 2 aliphatic carbocycles. The van der Waals surface area contributed by atoms with Crippen LogP contribution < -0.4 is 4.74 Å². The molecule has 1 saturated carbocycles. The molecule has 0 radical (unpaired) electrons. The molecule has 2 aliphatic rings. The Morgan fingerprint density at radius 2 is 2.00 bits per heavy atom. The van der Waals surface area contributed by atoms with Gasteiger partial charge in [0, 0.05) is 17.4 Å². The minimum absolute atomic E-state index is 0.000587. The number of alkyl halides is 3. The molecule has 0 aliphatic heterocycles. The fraction of sp³-hybridized carbons (Fsp3) is 0.500. The highest BCUT2D eigenvalue weighted by atomic mass is 19.4. The van der Waals surface area contributed by atoms with Gasteiger partial charge in [-0.1, -0.05) is 0 Å². The Balaban J connectivity index is 1.89. The minimum Gasteiger partial charge on any atom is -0.481 e. The highest BCUT2D eigenvalue weighted by Crippen LogP contribution is 2.49. The molecule has 1 fully saturated rings. The summed E-state index contributed by atoms with van der Waals surface area (Å²) in [5.74, 6) is -4.21. The predicted octanol–water partition coefficient (Wildman–Crippen LogP) is 3.03. The molecule has 0 N–H and O–H groups in total. The van der Waals surface area contributed by atoms with E-state index in [1.807, 2.05) is 0 Å². The van der Waals surface area contributed by atoms with Crippen molar-refractivity contribution in [2.45, 2.75) is 31.9 Å². The Labute approximate surface area is 151 Å². The Bertz CT molecular complexity index is 809. The molecule has 2 atom stereocenters. The van der Waals surface area contributed by atoms with Crippen LogP contribution in [0.25, 0.3) is 0 Å². The molecule has 9 heteroatoms. The van der Waals surface area contributed by atoms with Gasteiger partial charge in [0.15, 0.2) is 24.0 Å². The number of carbonyl (C=O) groups excluding carboxylic acids is 3. The molecule has 5 nitrogen and oxygen atoms in total. The number of fused-ring (bicyclic) bond motifs is 1. The van der Waals surface area contributed by atoms with E-state index in [0.29, 0.717) is 5.56 Å². The number of Topliss-reactive ketones (excluding diaryl/α,β-unsaturated/α-hetero) is 2. The van der Waals surface area contributed by atoms with Gasteiger partial charge in [0.2, 0.25) is 0 Å². The van der Waals surface area contributed by atoms with E-state index in [4.69, 9.17) is 0 Å². The first kappa shape index (κ1) is 19.3. The van der Waals surface area contributed by atoms with Gasteiger partial charge in [0.1, 0.15) is 11.7 Å². The first-order valence-corrected chi connectivity index (χ1v) is 8.24. The summed E-state index contributed by atoms with van der Waals surface area (Å²) in [7, 11) is 1.14. The van der Waals surface area contributed by atoms with E-state index >= 15 is 0 Å². The number of ether oxygens (including phenoxy) is 2. The van der Waals surface area contributed by atoms with Gasteiger partial charge in [0.25, 0.3) is 0 Å². The highest BCUT2D eigenvalue weighted by molar-refractivity contribution is 6.08. The monoisotopic (exact) mass is 388 g/mol. The van der Waals surface area contributed by atoms with Crippen LogP contribution in [0.1, 0.15) is 35.2 Å². The van der Waals surface area contributed by atoms with Gasteiger partial charge in [-0.15, -0.1) is 0 Å². The second-order valence-corrected chi connectivity index (χ2v) is 6.88. The molecular formula is C18H16F4O5. The van der Waals surface area contributed by atoms with E-state index in [1.54, 1.807) is 0 Å². The van der Waals surface area contributed by atoms with Crippen LogP contribution in [-0.4, -0.2) is 37.4 Å². The van der Waals surface area contributed by atoms with Crippen LogP contribution in [-0.2, 0) is 20.7 Å². The third-order valence-electron chi connectivity index (χ3n) is 5.12. The zero-order valence-corrected chi connectivity index (χ0v) is 14.3. The molecule has 27 heavy (non-hydrogen) atoms. The summed E-state index contributed by atoms with van der Waals surface area (Å²) in [5.41, 5.74) is -0.675. The molecule has 0 aromatic heterocycles. The lowest BCUT2D eigenvalue weighted by molar-refractivity contribution is -0.154. The zero-order valence-electron chi connectivity index (χ0n) is 14.3. The SMILES string of the molecule is COC(=O)C1CC2(CCC1=O)Cc1cc(F)c(OCC(F)(F)F)cc1C2=O. The van der Waals surface area contributed by atoms with Crippen LogP contribution >= 0.6 is 0 Å². The maximum atomic E-state index is 14.1. The first-order chi connectivity index (χ1) is 12.6. The summed E-state index contributed by atoms with van der Waals surface area (Å²) in [6.45, 7) is -1.68. The van der Waals surface area contributed by atoms with Crippen molar-refractivity contribution < 1.29 is 41.4 Å². The number of rotatable bonds is 3. The van der Waals surface area contributed by atoms with Crippen molar-refractivity contribution in [3.05, 3.63) is 29.1 Å². The topological polar surface area (TPSA) is 69.7 Å². The summed E-state index contributed by atoms with van der Waals surface area (Å²) in [6.07, 6.45) is -4.41. The lowest BCUT2D eigenvalue weighted by Crippen LogP contribution is -2.41. The van der Waals surface area contributed by atoms with Gasteiger partial charge in [-0.3, -0.25) is 14.4 Å². The van der Waals surface area contributed by atoms with Crippen LogP contribution in [0, 0.1) is 17.2 Å². The van der Waals surface area contributed by atoms with Gasteiger partial charge >= 0.3 is 12.1 Å². The molecule has 2 unspecified atom stereocenters. The van der Waals surface area contributed by atoms with Crippen molar-refractivity contribution in [2.24, 2.45) is 11.3 Å². The fourth-order valence-electron chi connectivity index (χ4n) is 3.82. The molecule has 0 saturated heterocycles. The third kappa shape index (κ3) is 3.54. The van der Waals surface area contributed by atoms with Crippen molar-refractivity contribution in [1.82, 2.24) is 0 Å². The Kier molecular flexibility index (Phi) is 4.73. The summed E-state index contributed by atoms with van der Waals surface area (Å²) in [5, 5.41) is 0. The van der Waals surface area contributed by atoms with E-state index in [2.05, 4.69) is 9.47 Å². The summed E-state index contributed by atoms with van der Waals surface area (Å²) in [6, 6.07) is 1.95. The summed E-state index contributed by atoms with van der Waals surface area (Å²) in [4.78, 5) is 36.8. The molecule has 1 aromatic rings. The van der Waals surface area contributed by atoms with Gasteiger partial charge in [0.05, 0.1) is 7.11 Å². The molecule has 3 rings (SSSR count). The maximum Gasteiger partial charge on any atom is 0.422 e. The standard InChI is InChI=1S/C18H16F4O5/c1-26-16(25)11-7-17(3-2-13(11)23)6-9-4-12(19)14(5-10(9)15(17)24)27-8-18(20,21)22/h4-5,11H,2-3,6-8H2,1H3. The Hall–Kier alpha value is -2.45. The molecular weight excluding hydrogens is 372 g/mol. The van der Waals surface area contributed by atoms with Crippen molar-refractivity contribution in [2.75, 3.05) is 13.7 Å². The summed E-state index contributed by atoms with van der Waals surface area (Å²) < 4.78 is 60.1. The normalized spacial score (nSPS) is 24.9. The van der Waals surface area contributed by atoms with E-state index < -0.39 is 47.4 Å². The first-order valence-electron chi connectivity index (χ1n) is 8.24. The van der Waals surface area contributed by atoms with Crippen LogP contribution in [0.15, 0.2) is 12.1 Å². The average molecular weight is 388 g/mol. The average Bonchev–Trinajstić information content (AvgIpc) is 2.85. The van der Waals surface area contributed by atoms with Crippen molar-refractivity contribution >= 4 is 17.5 Å². The molecule has 1 aromatic carbocycles. The number of benzene rings is 1. The van der Waals surface area contributed by atoms with E-state index in [1.165, 1.54) is 0 Å². The van der Waals surface area contributed by atoms with Crippen molar-refractivity contribution in [3.8, 4) is 5.75 Å². The number of carbonyl (C=O) groups is 3. The second-order valence-electron chi connectivity index (χ2n) is 6.88. The van der Waals surface area contributed by atoms with E-state index in [0.717, 1.165) is 19.2 Å². The van der Waals surface area contributed by atoms with Crippen molar-refractivity contribution in [3.63, 3.8) is 0 Å². The second kappa shape index (κ2) is 6.61.